The van der Waals surface area contributed by atoms with Crippen LogP contribution >= 0.6 is 0 Å². The topological polar surface area (TPSA) is 202 Å². The number of ether oxygens (including phenoxy) is 4. The lowest BCUT2D eigenvalue weighted by Crippen LogP contribution is -2.42. The number of carbonyl (C=O) groups is 6. The zero-order valence-electron chi connectivity index (χ0n) is 49.4. The van der Waals surface area contributed by atoms with E-state index in [9.17, 15) is 28.8 Å². The van der Waals surface area contributed by atoms with Gasteiger partial charge < -0.3 is 59.5 Å². The summed E-state index contributed by atoms with van der Waals surface area (Å²) in [5.74, 6) is -0.134. The van der Waals surface area contributed by atoms with Crippen molar-refractivity contribution in [2.75, 3.05) is 95.5 Å². The van der Waals surface area contributed by atoms with Crippen molar-refractivity contribution in [3.05, 3.63) is 148 Å². The summed E-state index contributed by atoms with van der Waals surface area (Å²) < 4.78 is 26.0. The van der Waals surface area contributed by atoms with Gasteiger partial charge in [0.2, 0.25) is 17.7 Å². The first-order chi connectivity index (χ1) is 40.7. The molecular weight excluding hydrogens is 1060 g/mol. The van der Waals surface area contributed by atoms with Crippen molar-refractivity contribution in [3.8, 4) is 11.5 Å². The van der Waals surface area contributed by atoms with E-state index in [1.54, 1.807) is 23.1 Å². The molecule has 1 spiro atoms. The standard InChI is InChI=1S/C66H80N8O10/c1-7-44-16-15-18-51(38-44)73(8-2)61(76)43-74-56-19-12-11-17-46(56)40-57(74)64(79)70-48-23-20-45(21-24-48)62(77)68-32-14-10-9-13-31-67-60(75)30-34-81-36-37-82-35-33-69-63(78)47-22-27-52-55(39-47)66(84-65(52)80)53-28-25-49(71(3)4)41-58(53)83-59-42-50(72(5)6)26-29-54(59)66/h11-12,15-19,22,25-29,38-42,45,48H,7-10,13-14,20-21,23-24,30-37,43H2,1-6H3,(H,67,75)(H,68,77)(H,69,78)(H,70,79)/t45-,48-. The maximum Gasteiger partial charge on any atom is 0.340 e. The molecule has 0 bridgehead atoms. The van der Waals surface area contributed by atoms with Crippen LogP contribution in [0.15, 0.2) is 109 Å². The number of carbonyl (C=O) groups excluding carboxylic acids is 6. The Bertz CT molecular complexity index is 3290. The van der Waals surface area contributed by atoms with E-state index >= 15 is 0 Å². The Balaban J connectivity index is 0.612. The number of likely N-dealkylation sites (N-methyl/N-ethyl adjacent to an activating group) is 1. The van der Waals surface area contributed by atoms with Gasteiger partial charge in [-0.2, -0.15) is 0 Å². The van der Waals surface area contributed by atoms with Crippen molar-refractivity contribution in [1.82, 2.24) is 25.8 Å². The van der Waals surface area contributed by atoms with Crippen molar-refractivity contribution in [2.24, 2.45) is 5.92 Å². The van der Waals surface area contributed by atoms with E-state index in [2.05, 4.69) is 34.3 Å². The Morgan fingerprint density at radius 1 is 0.643 bits per heavy atom. The highest BCUT2D eigenvalue weighted by Gasteiger charge is 2.54. The predicted molar refractivity (Wildman–Crippen MR) is 325 cm³/mol. The number of fused-ring (bicyclic) bond motifs is 7. The lowest BCUT2D eigenvalue weighted by atomic mass is 9.77. The molecule has 0 atom stereocenters. The number of esters is 1. The van der Waals surface area contributed by atoms with Crippen LogP contribution in [0, 0.1) is 5.92 Å². The number of amides is 5. The zero-order valence-corrected chi connectivity index (χ0v) is 49.4. The lowest BCUT2D eigenvalue weighted by Gasteiger charge is -2.37. The highest BCUT2D eigenvalue weighted by atomic mass is 16.6. The molecule has 5 aromatic carbocycles. The highest BCUT2D eigenvalue weighted by Crippen LogP contribution is 2.57. The van der Waals surface area contributed by atoms with Gasteiger partial charge in [-0.3, -0.25) is 24.0 Å². The minimum absolute atomic E-state index is 0.0297. The highest BCUT2D eigenvalue weighted by molar-refractivity contribution is 6.02. The maximum absolute atomic E-state index is 13.9. The molecule has 3 aliphatic rings. The van der Waals surface area contributed by atoms with Gasteiger partial charge in [0.1, 0.15) is 23.7 Å². The van der Waals surface area contributed by atoms with Gasteiger partial charge in [-0.25, -0.2) is 4.79 Å². The fraction of sp³-hybridized carbons (Fsp3) is 0.424. The van der Waals surface area contributed by atoms with Gasteiger partial charge in [0.25, 0.3) is 11.8 Å². The molecule has 1 aliphatic carbocycles. The number of anilines is 3. The number of hydrogen-bond donors (Lipinski definition) is 4. The lowest BCUT2D eigenvalue weighted by molar-refractivity contribution is -0.126. The van der Waals surface area contributed by atoms with E-state index in [4.69, 9.17) is 18.9 Å². The Kier molecular flexibility index (Phi) is 20.1. The number of benzene rings is 5. The molecule has 1 saturated carbocycles. The SMILES string of the molecule is CCc1cccc(N(CC)C(=O)Cn2c(C(=O)N[C@H]3CC[C@H](C(=O)NCCCCCCNC(=O)CCOCCOCCNC(=O)c4ccc5c(c4)C4(OC5=O)c5ccc(N(C)C)cc5Oc5cc(N(C)C)ccc54)CC3)cc3ccccc32)c1. The number of aryl methyl sites for hydroxylation is 1. The molecule has 0 saturated heterocycles. The molecule has 2 aliphatic heterocycles. The van der Waals surface area contributed by atoms with Crippen molar-refractivity contribution < 1.29 is 47.7 Å². The quantitative estimate of drug-likeness (QED) is 0.0282. The van der Waals surface area contributed by atoms with E-state index in [0.29, 0.717) is 104 Å². The number of nitrogens with one attached hydrogen (secondary N) is 4. The van der Waals surface area contributed by atoms with Crippen LogP contribution in [0.2, 0.25) is 0 Å². The summed E-state index contributed by atoms with van der Waals surface area (Å²) >= 11 is 0. The molecule has 0 unspecified atom stereocenters. The second-order valence-corrected chi connectivity index (χ2v) is 22.2. The Morgan fingerprint density at radius 2 is 1.32 bits per heavy atom. The summed E-state index contributed by atoms with van der Waals surface area (Å²) in [6, 6.07) is 34.1. The first-order valence-electron chi connectivity index (χ1n) is 29.6. The third-order valence-corrected chi connectivity index (χ3v) is 16.2. The molecule has 18 nitrogen and oxygen atoms in total. The summed E-state index contributed by atoms with van der Waals surface area (Å²) in [5, 5.41) is 13.1. The maximum atomic E-state index is 13.9. The average Bonchev–Trinajstić information content (AvgIpc) is 1.69. The fourth-order valence-electron chi connectivity index (χ4n) is 11.5. The van der Waals surface area contributed by atoms with Gasteiger partial charge in [-0.1, -0.05) is 50.1 Å². The molecule has 1 fully saturated rings. The molecular formula is C66H80N8O10. The van der Waals surface area contributed by atoms with Gasteiger partial charge in [-0.05, 0) is 124 Å². The van der Waals surface area contributed by atoms with E-state index in [1.165, 1.54) is 0 Å². The van der Waals surface area contributed by atoms with Gasteiger partial charge in [-0.15, -0.1) is 0 Å². The molecule has 5 amide bonds. The summed E-state index contributed by atoms with van der Waals surface area (Å²) in [7, 11) is 7.78. The van der Waals surface area contributed by atoms with Crippen LogP contribution in [0.25, 0.3) is 10.9 Å². The van der Waals surface area contributed by atoms with Crippen LogP contribution in [-0.2, 0) is 47.2 Å². The van der Waals surface area contributed by atoms with E-state index in [-0.39, 0.29) is 74.2 Å². The number of unbranched alkanes of at least 4 members (excludes halogenated alkanes) is 3. The van der Waals surface area contributed by atoms with E-state index < -0.39 is 11.6 Å². The number of nitrogens with zero attached hydrogens (tertiary/aromatic N) is 4. The number of hydrogen-bond acceptors (Lipinski definition) is 12. The van der Waals surface area contributed by atoms with Crippen LogP contribution < -0.4 is 40.7 Å². The van der Waals surface area contributed by atoms with Gasteiger partial charge in [0, 0.05) is 135 Å². The summed E-state index contributed by atoms with van der Waals surface area (Å²) in [6.45, 7) is 7.08. The molecule has 18 heteroatoms. The molecule has 1 aromatic heterocycles. The van der Waals surface area contributed by atoms with E-state index in [1.807, 2.05) is 134 Å². The third kappa shape index (κ3) is 13.9. The first kappa shape index (κ1) is 60.4. The van der Waals surface area contributed by atoms with Crippen LogP contribution in [0.1, 0.15) is 125 Å². The minimum Gasteiger partial charge on any atom is -0.456 e. The van der Waals surface area contributed by atoms with Crippen molar-refractivity contribution >= 4 is 63.5 Å². The van der Waals surface area contributed by atoms with Gasteiger partial charge in [0.15, 0.2) is 5.60 Å². The van der Waals surface area contributed by atoms with Crippen molar-refractivity contribution in [3.63, 3.8) is 0 Å². The Hall–Kier alpha value is -8.22. The zero-order chi connectivity index (χ0) is 59.3. The molecule has 444 valence electrons. The number of rotatable bonds is 27. The molecule has 84 heavy (non-hydrogen) atoms. The van der Waals surface area contributed by atoms with Crippen LogP contribution in [0.4, 0.5) is 17.1 Å². The summed E-state index contributed by atoms with van der Waals surface area (Å²) in [4.78, 5) is 86.0. The van der Waals surface area contributed by atoms with E-state index in [0.717, 1.165) is 65.6 Å². The first-order valence-corrected chi connectivity index (χ1v) is 29.6. The Labute approximate surface area is 492 Å². The van der Waals surface area contributed by atoms with Crippen molar-refractivity contribution in [2.45, 2.75) is 96.2 Å². The fourth-order valence-corrected chi connectivity index (χ4v) is 11.5. The minimum atomic E-state index is -1.33. The van der Waals surface area contributed by atoms with Crippen LogP contribution in [0.5, 0.6) is 11.5 Å². The number of aromatic nitrogens is 1. The monoisotopic (exact) mass is 1140 g/mol. The molecule has 4 N–H and O–H groups in total. The van der Waals surface area contributed by atoms with Crippen LogP contribution in [0.3, 0.4) is 0 Å². The molecule has 3 heterocycles. The third-order valence-electron chi connectivity index (χ3n) is 16.2. The summed E-state index contributed by atoms with van der Waals surface area (Å²) in [5.41, 5.74) is 6.43. The second kappa shape index (κ2) is 27.9. The van der Waals surface area contributed by atoms with Gasteiger partial charge in [0.05, 0.1) is 32.0 Å². The predicted octanol–water partition coefficient (Wildman–Crippen LogP) is 8.89. The van der Waals surface area contributed by atoms with Crippen LogP contribution in [-0.4, -0.2) is 127 Å². The Morgan fingerprint density at radius 3 is 2.00 bits per heavy atom. The normalized spacial score (nSPS) is 15.5. The van der Waals surface area contributed by atoms with Crippen molar-refractivity contribution in [1.29, 1.82) is 0 Å². The average molecular weight is 1150 g/mol. The van der Waals surface area contributed by atoms with Gasteiger partial charge >= 0.3 is 5.97 Å². The summed E-state index contributed by atoms with van der Waals surface area (Å²) in [6.07, 6.45) is 7.39. The second-order valence-electron chi connectivity index (χ2n) is 22.2. The number of para-hydroxylation sites is 1. The molecule has 0 radical (unpaired) electrons. The largest absolute Gasteiger partial charge is 0.456 e. The molecule has 6 aromatic rings. The smallest absolute Gasteiger partial charge is 0.340 e. The molecule has 9 rings (SSSR count).